The summed E-state index contributed by atoms with van der Waals surface area (Å²) in [5.74, 6) is 0.803. The number of fused-ring (bicyclic) bond motifs is 1. The quantitative estimate of drug-likeness (QED) is 0.639. The van der Waals surface area contributed by atoms with E-state index in [1.807, 2.05) is 12.3 Å². The molecule has 13 heavy (non-hydrogen) atoms. The van der Waals surface area contributed by atoms with Gasteiger partial charge in [-0.3, -0.25) is 4.98 Å². The van der Waals surface area contributed by atoms with Gasteiger partial charge in [0.25, 0.3) is 0 Å². The molecule has 1 aromatic carbocycles. The number of nitrogens with zero attached hydrogens (tertiary/aromatic N) is 1. The second kappa shape index (κ2) is 2.56. The second-order valence-electron chi connectivity index (χ2n) is 3.74. The van der Waals surface area contributed by atoms with Crippen molar-refractivity contribution in [2.75, 3.05) is 0 Å². The Morgan fingerprint density at radius 1 is 1.15 bits per heavy atom. The van der Waals surface area contributed by atoms with Crippen LogP contribution in [0.3, 0.4) is 0 Å². The summed E-state index contributed by atoms with van der Waals surface area (Å²) in [6, 6.07) is 10.6. The molecule has 0 saturated heterocycles. The summed E-state index contributed by atoms with van der Waals surface area (Å²) in [4.78, 5) is 4.44. The zero-order chi connectivity index (χ0) is 8.67. The Bertz CT molecular complexity index is 444. The maximum absolute atomic E-state index is 4.44. The van der Waals surface area contributed by atoms with Crippen LogP contribution < -0.4 is 0 Å². The van der Waals surface area contributed by atoms with Crippen LogP contribution in [0.25, 0.3) is 10.9 Å². The molecule has 1 heteroatoms. The van der Waals surface area contributed by atoms with Gasteiger partial charge < -0.3 is 0 Å². The minimum atomic E-state index is 0.803. The molecule has 0 atom stereocenters. The van der Waals surface area contributed by atoms with Crippen LogP contribution in [0.15, 0.2) is 36.5 Å². The zero-order valence-corrected chi connectivity index (χ0v) is 7.40. The van der Waals surface area contributed by atoms with Gasteiger partial charge in [-0.15, -0.1) is 0 Å². The fraction of sp³-hybridized carbons (Fsp3) is 0.250. The monoisotopic (exact) mass is 169 g/mol. The number of hydrogen-bond donors (Lipinski definition) is 0. The van der Waals surface area contributed by atoms with Crippen molar-refractivity contribution in [3.63, 3.8) is 0 Å². The molecule has 2 aromatic rings. The average Bonchev–Trinajstić information content (AvgIpc) is 3.00. The number of benzene rings is 1. The Morgan fingerprint density at radius 2 is 2.00 bits per heavy atom. The Labute approximate surface area is 77.4 Å². The largest absolute Gasteiger partial charge is 0.256 e. The van der Waals surface area contributed by atoms with Gasteiger partial charge in [0.15, 0.2) is 0 Å². The summed E-state index contributed by atoms with van der Waals surface area (Å²) in [6.45, 7) is 0. The fourth-order valence-corrected chi connectivity index (χ4v) is 1.73. The van der Waals surface area contributed by atoms with Crippen LogP contribution in [-0.4, -0.2) is 4.98 Å². The van der Waals surface area contributed by atoms with Gasteiger partial charge in [-0.1, -0.05) is 18.2 Å². The maximum atomic E-state index is 4.44. The second-order valence-corrected chi connectivity index (χ2v) is 3.74. The van der Waals surface area contributed by atoms with E-state index in [9.17, 15) is 0 Å². The highest BCUT2D eigenvalue weighted by atomic mass is 14.7. The third-order valence-electron chi connectivity index (χ3n) is 2.66. The molecule has 0 amide bonds. The Kier molecular flexibility index (Phi) is 1.39. The topological polar surface area (TPSA) is 12.9 Å². The van der Waals surface area contributed by atoms with E-state index in [0.717, 1.165) is 11.4 Å². The van der Waals surface area contributed by atoms with Crippen LogP contribution >= 0.6 is 0 Å². The lowest BCUT2D eigenvalue weighted by Crippen LogP contribution is -1.83. The van der Waals surface area contributed by atoms with Crippen LogP contribution in [0.2, 0.25) is 0 Å². The molecule has 1 aliphatic carbocycles. The van der Waals surface area contributed by atoms with Crippen molar-refractivity contribution >= 4 is 10.9 Å². The SMILES string of the molecule is c1ccc2ncc(C3CC3)cc2c1. The first-order valence-electron chi connectivity index (χ1n) is 4.78. The minimum absolute atomic E-state index is 0.803. The highest BCUT2D eigenvalue weighted by Gasteiger charge is 2.23. The van der Waals surface area contributed by atoms with E-state index in [4.69, 9.17) is 0 Å². The summed E-state index contributed by atoms with van der Waals surface area (Å²) in [7, 11) is 0. The van der Waals surface area contributed by atoms with Crippen LogP contribution in [0.5, 0.6) is 0 Å². The Morgan fingerprint density at radius 3 is 2.85 bits per heavy atom. The van der Waals surface area contributed by atoms with E-state index < -0.39 is 0 Å². The fourth-order valence-electron chi connectivity index (χ4n) is 1.73. The molecule has 0 aliphatic heterocycles. The Balaban J connectivity index is 2.21. The number of aromatic nitrogens is 1. The molecule has 1 saturated carbocycles. The molecule has 1 aromatic heterocycles. The van der Waals surface area contributed by atoms with E-state index in [2.05, 4.69) is 29.2 Å². The highest BCUT2D eigenvalue weighted by Crippen LogP contribution is 2.40. The average molecular weight is 169 g/mol. The van der Waals surface area contributed by atoms with Gasteiger partial charge in [0.2, 0.25) is 0 Å². The van der Waals surface area contributed by atoms with Gasteiger partial charge in [0.05, 0.1) is 5.52 Å². The van der Waals surface area contributed by atoms with Crippen molar-refractivity contribution in [2.45, 2.75) is 18.8 Å². The number of para-hydroxylation sites is 1. The molecule has 1 fully saturated rings. The van der Waals surface area contributed by atoms with Gasteiger partial charge >= 0.3 is 0 Å². The third kappa shape index (κ3) is 1.21. The molecule has 3 rings (SSSR count). The summed E-state index contributed by atoms with van der Waals surface area (Å²) in [6.07, 6.45) is 4.72. The van der Waals surface area contributed by atoms with Crippen molar-refractivity contribution in [3.8, 4) is 0 Å². The zero-order valence-electron chi connectivity index (χ0n) is 7.40. The van der Waals surface area contributed by atoms with Crippen molar-refractivity contribution in [1.82, 2.24) is 4.98 Å². The van der Waals surface area contributed by atoms with E-state index in [1.165, 1.54) is 23.8 Å². The molecule has 1 aliphatic rings. The van der Waals surface area contributed by atoms with E-state index in [0.29, 0.717) is 0 Å². The van der Waals surface area contributed by atoms with Crippen LogP contribution in [0, 0.1) is 0 Å². The summed E-state index contributed by atoms with van der Waals surface area (Å²) in [5.41, 5.74) is 2.52. The number of pyridine rings is 1. The minimum Gasteiger partial charge on any atom is -0.256 e. The van der Waals surface area contributed by atoms with Gasteiger partial charge in [-0.2, -0.15) is 0 Å². The molecule has 0 spiro atoms. The first kappa shape index (κ1) is 7.07. The van der Waals surface area contributed by atoms with Crippen molar-refractivity contribution in [3.05, 3.63) is 42.1 Å². The van der Waals surface area contributed by atoms with Crippen LogP contribution in [-0.2, 0) is 0 Å². The smallest absolute Gasteiger partial charge is 0.0702 e. The molecular weight excluding hydrogens is 158 g/mol. The normalized spacial score (nSPS) is 16.3. The van der Waals surface area contributed by atoms with E-state index >= 15 is 0 Å². The maximum Gasteiger partial charge on any atom is 0.0702 e. The first-order valence-corrected chi connectivity index (χ1v) is 4.78. The van der Waals surface area contributed by atoms with Gasteiger partial charge in [-0.25, -0.2) is 0 Å². The number of rotatable bonds is 1. The summed E-state index contributed by atoms with van der Waals surface area (Å²) < 4.78 is 0. The lowest BCUT2D eigenvalue weighted by molar-refractivity contribution is 1.11. The molecule has 0 N–H and O–H groups in total. The highest BCUT2D eigenvalue weighted by molar-refractivity contribution is 5.78. The Hall–Kier alpha value is -1.37. The van der Waals surface area contributed by atoms with Crippen LogP contribution in [0.4, 0.5) is 0 Å². The standard InChI is InChI=1S/C12H11N/c1-2-4-12-10(3-1)7-11(8-13-12)9-5-6-9/h1-4,7-9H,5-6H2. The molecule has 64 valence electrons. The summed E-state index contributed by atoms with van der Waals surface area (Å²) in [5, 5.41) is 1.27. The number of hydrogen-bond acceptors (Lipinski definition) is 1. The van der Waals surface area contributed by atoms with E-state index in [-0.39, 0.29) is 0 Å². The van der Waals surface area contributed by atoms with Crippen molar-refractivity contribution in [1.29, 1.82) is 0 Å². The molecular formula is C12H11N. The van der Waals surface area contributed by atoms with Gasteiger partial charge in [0, 0.05) is 11.6 Å². The molecule has 1 heterocycles. The molecule has 0 bridgehead atoms. The van der Waals surface area contributed by atoms with Gasteiger partial charge in [-0.05, 0) is 36.5 Å². The van der Waals surface area contributed by atoms with Crippen molar-refractivity contribution in [2.24, 2.45) is 0 Å². The van der Waals surface area contributed by atoms with E-state index in [1.54, 1.807) is 0 Å². The predicted octanol–water partition coefficient (Wildman–Crippen LogP) is 3.11. The molecule has 0 radical (unpaired) electrons. The molecule has 1 nitrogen and oxygen atoms in total. The molecule has 0 unspecified atom stereocenters. The predicted molar refractivity (Wildman–Crippen MR) is 53.7 cm³/mol. The lowest BCUT2D eigenvalue weighted by Gasteiger charge is -1.99. The lowest BCUT2D eigenvalue weighted by atomic mass is 10.1. The first-order chi connectivity index (χ1) is 6.43. The van der Waals surface area contributed by atoms with Crippen molar-refractivity contribution < 1.29 is 0 Å². The van der Waals surface area contributed by atoms with Gasteiger partial charge in [0.1, 0.15) is 0 Å². The third-order valence-corrected chi connectivity index (χ3v) is 2.66. The van der Waals surface area contributed by atoms with Crippen LogP contribution in [0.1, 0.15) is 24.3 Å². The summed E-state index contributed by atoms with van der Waals surface area (Å²) >= 11 is 0.